The molecule has 2 atom stereocenters. The summed E-state index contributed by atoms with van der Waals surface area (Å²) >= 11 is 0. The number of nitrogens with zero attached hydrogens (tertiary/aromatic N) is 1. The summed E-state index contributed by atoms with van der Waals surface area (Å²) in [5.41, 5.74) is 0.282. The van der Waals surface area contributed by atoms with E-state index >= 15 is 0 Å². The quantitative estimate of drug-likeness (QED) is 0.829. The van der Waals surface area contributed by atoms with Crippen molar-refractivity contribution in [1.82, 2.24) is 4.57 Å². The average molecular weight is 229 g/mol. The van der Waals surface area contributed by atoms with Gasteiger partial charge in [-0.1, -0.05) is 6.92 Å². The van der Waals surface area contributed by atoms with Crippen molar-refractivity contribution in [3.05, 3.63) is 24.0 Å². The molecule has 0 bridgehead atoms. The molecule has 0 fully saturated rings. The van der Waals surface area contributed by atoms with Crippen molar-refractivity contribution >= 4 is 16.8 Å². The summed E-state index contributed by atoms with van der Waals surface area (Å²) in [5.74, 6) is -0.926. The van der Waals surface area contributed by atoms with Gasteiger partial charge in [-0.05, 0) is 18.6 Å². The zero-order chi connectivity index (χ0) is 11.4. The highest BCUT2D eigenvalue weighted by Gasteiger charge is 2.11. The molecule has 0 spiro atoms. The normalized spacial score (nSPS) is 14.8. The minimum Gasteiger partial charge on any atom is -0.477 e. The van der Waals surface area contributed by atoms with Crippen molar-refractivity contribution in [2.75, 3.05) is 6.26 Å². The van der Waals surface area contributed by atoms with Gasteiger partial charge >= 0.3 is 5.97 Å². The number of aryl methyl sites for hydroxylation is 1. The van der Waals surface area contributed by atoms with E-state index in [0.717, 1.165) is 6.42 Å². The van der Waals surface area contributed by atoms with Crippen LogP contribution in [-0.4, -0.2) is 31.4 Å². The van der Waals surface area contributed by atoms with E-state index in [2.05, 4.69) is 0 Å². The van der Waals surface area contributed by atoms with Crippen LogP contribution in [0.2, 0.25) is 0 Å². The molecular formula is C10H15NO3S. The lowest BCUT2D eigenvalue weighted by molar-refractivity contribution is 0.0685. The predicted molar refractivity (Wildman–Crippen MR) is 59.5 cm³/mol. The molecule has 1 rings (SSSR count). The summed E-state index contributed by atoms with van der Waals surface area (Å²) in [6.07, 6.45) is 4.12. The molecule has 0 aromatic carbocycles. The SMILES string of the molecule is CC(CCn1cccc1C(=O)O)S(C)=O. The van der Waals surface area contributed by atoms with Gasteiger partial charge in [-0.25, -0.2) is 4.79 Å². The topological polar surface area (TPSA) is 59.3 Å². The van der Waals surface area contributed by atoms with Crippen molar-refractivity contribution in [1.29, 1.82) is 0 Å². The van der Waals surface area contributed by atoms with Gasteiger partial charge in [0, 0.05) is 35.0 Å². The number of carbonyl (C=O) groups is 1. The Balaban J connectivity index is 2.61. The van der Waals surface area contributed by atoms with Crippen molar-refractivity contribution < 1.29 is 14.1 Å². The molecule has 0 aliphatic rings. The fraction of sp³-hybridized carbons (Fsp3) is 0.500. The lowest BCUT2D eigenvalue weighted by Gasteiger charge is -2.10. The van der Waals surface area contributed by atoms with E-state index in [1.54, 1.807) is 29.2 Å². The van der Waals surface area contributed by atoms with E-state index in [1.165, 1.54) is 0 Å². The van der Waals surface area contributed by atoms with Crippen LogP contribution in [0.3, 0.4) is 0 Å². The summed E-state index contributed by atoms with van der Waals surface area (Å²) < 4.78 is 12.8. The molecule has 0 amide bonds. The highest BCUT2D eigenvalue weighted by molar-refractivity contribution is 7.84. The summed E-state index contributed by atoms with van der Waals surface area (Å²) in [6.45, 7) is 2.50. The Kier molecular flexibility index (Phi) is 4.08. The van der Waals surface area contributed by atoms with Crippen molar-refractivity contribution in [2.24, 2.45) is 0 Å². The van der Waals surface area contributed by atoms with Crippen LogP contribution in [0.25, 0.3) is 0 Å². The second-order valence-electron chi connectivity index (χ2n) is 3.49. The summed E-state index contributed by atoms with van der Waals surface area (Å²) in [5, 5.41) is 8.94. The van der Waals surface area contributed by atoms with E-state index < -0.39 is 16.8 Å². The van der Waals surface area contributed by atoms with Gasteiger partial charge < -0.3 is 9.67 Å². The molecule has 0 saturated carbocycles. The minimum absolute atomic E-state index is 0.0917. The van der Waals surface area contributed by atoms with Crippen LogP contribution >= 0.6 is 0 Å². The van der Waals surface area contributed by atoms with Gasteiger partial charge in [-0.2, -0.15) is 0 Å². The molecule has 0 aliphatic carbocycles. The minimum atomic E-state index is -0.926. The summed E-state index contributed by atoms with van der Waals surface area (Å²) in [6, 6.07) is 3.27. The van der Waals surface area contributed by atoms with Gasteiger partial charge in [0.25, 0.3) is 0 Å². The maximum atomic E-state index is 11.1. The fourth-order valence-electron chi connectivity index (χ4n) is 1.29. The first-order chi connectivity index (χ1) is 7.02. The van der Waals surface area contributed by atoms with Gasteiger partial charge in [0.05, 0.1) is 0 Å². The Labute approximate surface area is 91.4 Å². The van der Waals surface area contributed by atoms with Crippen LogP contribution in [0.4, 0.5) is 0 Å². The first kappa shape index (κ1) is 12.0. The molecule has 1 N–H and O–H groups in total. The third-order valence-electron chi connectivity index (χ3n) is 2.39. The second kappa shape index (κ2) is 5.11. The lowest BCUT2D eigenvalue weighted by atomic mass is 10.3. The molecule has 4 nitrogen and oxygen atoms in total. The van der Waals surface area contributed by atoms with Gasteiger partial charge in [0.1, 0.15) is 5.69 Å². The smallest absolute Gasteiger partial charge is 0.352 e. The summed E-state index contributed by atoms with van der Waals surface area (Å²) in [4.78, 5) is 10.8. The predicted octanol–water partition coefficient (Wildman–Crippen LogP) is 1.34. The Morgan fingerprint density at radius 2 is 2.33 bits per heavy atom. The molecule has 5 heteroatoms. The Morgan fingerprint density at radius 3 is 2.87 bits per heavy atom. The largest absolute Gasteiger partial charge is 0.477 e. The van der Waals surface area contributed by atoms with Crippen molar-refractivity contribution in [3.63, 3.8) is 0 Å². The molecule has 0 saturated heterocycles. The summed E-state index contributed by atoms with van der Waals surface area (Å²) in [7, 11) is -0.850. The van der Waals surface area contributed by atoms with Crippen LogP contribution in [-0.2, 0) is 17.3 Å². The highest BCUT2D eigenvalue weighted by Crippen LogP contribution is 2.07. The van der Waals surface area contributed by atoms with Gasteiger partial charge in [-0.3, -0.25) is 4.21 Å². The number of hydrogen-bond donors (Lipinski definition) is 1. The third kappa shape index (κ3) is 3.20. The first-order valence-electron chi connectivity index (χ1n) is 4.73. The molecule has 2 unspecified atom stereocenters. The monoisotopic (exact) mass is 229 g/mol. The van der Waals surface area contributed by atoms with Crippen LogP contribution in [0.5, 0.6) is 0 Å². The van der Waals surface area contributed by atoms with Gasteiger partial charge in [-0.15, -0.1) is 0 Å². The van der Waals surface area contributed by atoms with Crippen molar-refractivity contribution in [3.8, 4) is 0 Å². The number of aromatic carboxylic acids is 1. The number of carboxylic acids is 1. The molecule has 1 aromatic heterocycles. The Morgan fingerprint density at radius 1 is 1.67 bits per heavy atom. The van der Waals surface area contributed by atoms with Crippen molar-refractivity contribution in [2.45, 2.75) is 25.1 Å². The number of rotatable bonds is 5. The van der Waals surface area contributed by atoms with E-state index in [0.29, 0.717) is 6.54 Å². The van der Waals surface area contributed by atoms with Crippen LogP contribution in [0.1, 0.15) is 23.8 Å². The lowest BCUT2D eigenvalue weighted by Crippen LogP contribution is -2.15. The van der Waals surface area contributed by atoms with E-state index in [-0.39, 0.29) is 10.9 Å². The maximum Gasteiger partial charge on any atom is 0.352 e. The second-order valence-corrected chi connectivity index (χ2v) is 5.29. The van der Waals surface area contributed by atoms with Crippen LogP contribution < -0.4 is 0 Å². The van der Waals surface area contributed by atoms with Gasteiger partial charge in [0.2, 0.25) is 0 Å². The molecule has 84 valence electrons. The molecular weight excluding hydrogens is 214 g/mol. The Hall–Kier alpha value is -1.10. The van der Waals surface area contributed by atoms with Crippen LogP contribution in [0.15, 0.2) is 18.3 Å². The van der Waals surface area contributed by atoms with Crippen LogP contribution in [0, 0.1) is 0 Å². The standard InChI is InChI=1S/C10H15NO3S/c1-8(15(2)14)5-7-11-6-3-4-9(11)10(12)13/h3-4,6,8H,5,7H2,1-2H3,(H,12,13). The fourth-order valence-corrected chi connectivity index (χ4v) is 1.73. The molecule has 15 heavy (non-hydrogen) atoms. The molecule has 0 aliphatic heterocycles. The zero-order valence-corrected chi connectivity index (χ0v) is 9.66. The maximum absolute atomic E-state index is 11.1. The zero-order valence-electron chi connectivity index (χ0n) is 8.84. The van der Waals surface area contributed by atoms with E-state index in [1.807, 2.05) is 6.92 Å². The number of aromatic nitrogens is 1. The Bertz CT molecular complexity index is 372. The highest BCUT2D eigenvalue weighted by atomic mass is 32.2. The number of carboxylic acid groups (broad SMARTS) is 1. The average Bonchev–Trinajstić information content (AvgIpc) is 2.61. The third-order valence-corrected chi connectivity index (χ3v) is 3.76. The van der Waals surface area contributed by atoms with Gasteiger partial charge in [0.15, 0.2) is 0 Å². The number of hydrogen-bond acceptors (Lipinski definition) is 2. The first-order valence-corrected chi connectivity index (χ1v) is 6.35. The van der Waals surface area contributed by atoms with E-state index in [9.17, 15) is 9.00 Å². The van der Waals surface area contributed by atoms with E-state index in [4.69, 9.17) is 5.11 Å². The molecule has 1 heterocycles. The molecule has 0 radical (unpaired) electrons. The molecule has 1 aromatic rings.